The number of hydrogen-bond donors (Lipinski definition) is 0. The van der Waals surface area contributed by atoms with E-state index in [0.717, 1.165) is 40.1 Å². The summed E-state index contributed by atoms with van der Waals surface area (Å²) >= 11 is 2.28. The molecule has 1 atom stereocenters. The molecule has 3 rings (SSSR count). The minimum Gasteiger partial charge on any atom is -0.490 e. The normalized spacial score (nSPS) is 17.5. The highest BCUT2D eigenvalue weighted by molar-refractivity contribution is 14.1. The van der Waals surface area contributed by atoms with E-state index in [1.807, 2.05) is 6.07 Å². The molecule has 2 aromatic rings. The van der Waals surface area contributed by atoms with E-state index in [1.165, 1.54) is 6.42 Å². The van der Waals surface area contributed by atoms with Gasteiger partial charge in [0.25, 0.3) is 0 Å². The maximum atomic E-state index is 6.05. The molecule has 5 nitrogen and oxygen atoms in total. The second kappa shape index (κ2) is 8.80. The van der Waals surface area contributed by atoms with Gasteiger partial charge in [-0.15, -0.1) is 0 Å². The molecule has 1 aliphatic heterocycles. The van der Waals surface area contributed by atoms with E-state index in [-0.39, 0.29) is 6.10 Å². The first-order valence-electron chi connectivity index (χ1n) is 8.66. The first-order chi connectivity index (χ1) is 12.1. The molecule has 0 bridgehead atoms. The van der Waals surface area contributed by atoms with Gasteiger partial charge in [0.1, 0.15) is 18.1 Å². The monoisotopic (exact) mass is 454 g/mol. The van der Waals surface area contributed by atoms with Gasteiger partial charge in [-0.3, -0.25) is 0 Å². The largest absolute Gasteiger partial charge is 0.490 e. The van der Waals surface area contributed by atoms with Crippen LogP contribution in [0.5, 0.6) is 17.5 Å². The quantitative estimate of drug-likeness (QED) is 0.579. The summed E-state index contributed by atoms with van der Waals surface area (Å²) in [6, 6.07) is 6.17. The Hall–Kier alpha value is -1.41. The summed E-state index contributed by atoms with van der Waals surface area (Å²) in [5, 5.41) is 0. The predicted octanol–water partition coefficient (Wildman–Crippen LogP) is 4.94. The van der Waals surface area contributed by atoms with Crippen molar-refractivity contribution in [3.63, 3.8) is 0 Å². The van der Waals surface area contributed by atoms with Crippen LogP contribution in [0.2, 0.25) is 0 Å². The number of halogens is 1. The van der Waals surface area contributed by atoms with Crippen LogP contribution in [0.25, 0.3) is 0 Å². The van der Waals surface area contributed by atoms with E-state index >= 15 is 0 Å². The van der Waals surface area contributed by atoms with Gasteiger partial charge in [-0.1, -0.05) is 13.8 Å². The van der Waals surface area contributed by atoms with Crippen LogP contribution in [0, 0.1) is 3.57 Å². The molecule has 1 aromatic heterocycles. The van der Waals surface area contributed by atoms with Crippen molar-refractivity contribution in [3.05, 3.63) is 39.7 Å². The lowest BCUT2D eigenvalue weighted by atomic mass is 10.0. The molecule has 0 N–H and O–H groups in total. The van der Waals surface area contributed by atoms with Crippen LogP contribution < -0.4 is 9.47 Å². The van der Waals surface area contributed by atoms with Crippen LogP contribution in [0.3, 0.4) is 0 Å². The predicted molar refractivity (Wildman–Crippen MR) is 104 cm³/mol. The Morgan fingerprint density at radius 2 is 2.00 bits per heavy atom. The molecule has 1 fully saturated rings. The molecule has 1 saturated heterocycles. The number of benzene rings is 1. The van der Waals surface area contributed by atoms with E-state index in [9.17, 15) is 0 Å². The molecule has 1 aliphatic rings. The van der Waals surface area contributed by atoms with E-state index in [1.54, 1.807) is 18.5 Å². The van der Waals surface area contributed by atoms with Gasteiger partial charge < -0.3 is 14.2 Å². The van der Waals surface area contributed by atoms with Crippen molar-refractivity contribution >= 4 is 22.6 Å². The third-order valence-electron chi connectivity index (χ3n) is 4.13. The van der Waals surface area contributed by atoms with Gasteiger partial charge in [-0.05, 0) is 66.0 Å². The summed E-state index contributed by atoms with van der Waals surface area (Å²) in [6.45, 7) is 5.70. The van der Waals surface area contributed by atoms with Crippen molar-refractivity contribution in [2.45, 2.75) is 45.1 Å². The molecule has 6 heteroatoms. The van der Waals surface area contributed by atoms with Crippen molar-refractivity contribution in [2.75, 3.05) is 13.2 Å². The maximum Gasteiger partial charge on any atom is 0.321 e. The zero-order chi connectivity index (χ0) is 17.6. The maximum absolute atomic E-state index is 6.05. The lowest BCUT2D eigenvalue weighted by molar-refractivity contribution is -0.0112. The Balaban J connectivity index is 1.77. The molecule has 2 heterocycles. The van der Waals surface area contributed by atoms with Crippen molar-refractivity contribution in [3.8, 4) is 17.5 Å². The SMILES string of the molecule is CC(C)c1cc(OCC2CCCCO2)c(I)cc1Oc1ncccn1. The smallest absolute Gasteiger partial charge is 0.321 e. The average Bonchev–Trinajstić information content (AvgIpc) is 2.62. The van der Waals surface area contributed by atoms with Crippen molar-refractivity contribution < 1.29 is 14.2 Å². The van der Waals surface area contributed by atoms with Crippen LogP contribution in [0.4, 0.5) is 0 Å². The number of hydrogen-bond acceptors (Lipinski definition) is 5. The standard InChI is InChI=1S/C19H23IN2O3/c1-13(2)15-10-18(24-12-14-6-3-4-9-23-14)16(20)11-17(15)25-19-21-7-5-8-22-19/h5,7-8,10-11,13-14H,3-4,6,9,12H2,1-2H3. The Morgan fingerprint density at radius 1 is 1.20 bits per heavy atom. The molecule has 134 valence electrons. The third-order valence-corrected chi connectivity index (χ3v) is 4.97. The second-order valence-corrected chi connectivity index (χ2v) is 7.57. The Kier molecular flexibility index (Phi) is 6.47. The van der Waals surface area contributed by atoms with Crippen molar-refractivity contribution in [2.24, 2.45) is 0 Å². The molecule has 25 heavy (non-hydrogen) atoms. The molecule has 0 saturated carbocycles. The van der Waals surface area contributed by atoms with Crippen molar-refractivity contribution in [1.82, 2.24) is 9.97 Å². The molecule has 0 spiro atoms. The fourth-order valence-electron chi connectivity index (χ4n) is 2.76. The summed E-state index contributed by atoms with van der Waals surface area (Å²) in [5.74, 6) is 1.94. The highest BCUT2D eigenvalue weighted by atomic mass is 127. The van der Waals surface area contributed by atoms with E-state index in [2.05, 4.69) is 52.5 Å². The Bertz CT molecular complexity index is 689. The highest BCUT2D eigenvalue weighted by Gasteiger charge is 2.18. The molecular formula is C19H23IN2O3. The number of nitrogens with zero attached hydrogens (tertiary/aromatic N) is 2. The van der Waals surface area contributed by atoms with Crippen LogP contribution >= 0.6 is 22.6 Å². The van der Waals surface area contributed by atoms with Crippen LogP contribution in [0.15, 0.2) is 30.6 Å². The Labute approximate surface area is 162 Å². The van der Waals surface area contributed by atoms with Gasteiger partial charge in [0.2, 0.25) is 0 Å². The van der Waals surface area contributed by atoms with E-state index in [0.29, 0.717) is 18.5 Å². The lowest BCUT2D eigenvalue weighted by Crippen LogP contribution is -2.26. The topological polar surface area (TPSA) is 53.5 Å². The second-order valence-electron chi connectivity index (χ2n) is 6.41. The summed E-state index contributed by atoms with van der Waals surface area (Å²) in [6.07, 6.45) is 6.97. The van der Waals surface area contributed by atoms with E-state index in [4.69, 9.17) is 14.2 Å². The summed E-state index contributed by atoms with van der Waals surface area (Å²) in [4.78, 5) is 8.28. The molecular weight excluding hydrogens is 431 g/mol. The zero-order valence-corrected chi connectivity index (χ0v) is 16.7. The third kappa shape index (κ3) is 5.04. The van der Waals surface area contributed by atoms with Gasteiger partial charge >= 0.3 is 6.01 Å². The first-order valence-corrected chi connectivity index (χ1v) is 9.74. The van der Waals surface area contributed by atoms with Gasteiger partial charge in [-0.2, -0.15) is 0 Å². The zero-order valence-electron chi connectivity index (χ0n) is 14.6. The number of rotatable bonds is 6. The van der Waals surface area contributed by atoms with Crippen LogP contribution in [-0.2, 0) is 4.74 Å². The number of aromatic nitrogens is 2. The van der Waals surface area contributed by atoms with Gasteiger partial charge in [0.05, 0.1) is 9.67 Å². The Morgan fingerprint density at radius 3 is 2.68 bits per heavy atom. The van der Waals surface area contributed by atoms with Crippen LogP contribution in [0.1, 0.15) is 44.6 Å². The molecule has 1 aromatic carbocycles. The minimum absolute atomic E-state index is 0.195. The molecule has 0 amide bonds. The number of ether oxygens (including phenoxy) is 3. The average molecular weight is 454 g/mol. The van der Waals surface area contributed by atoms with E-state index < -0.39 is 0 Å². The highest BCUT2D eigenvalue weighted by Crippen LogP contribution is 2.36. The summed E-state index contributed by atoms with van der Waals surface area (Å²) in [7, 11) is 0. The molecule has 0 radical (unpaired) electrons. The minimum atomic E-state index is 0.195. The first kappa shape index (κ1) is 18.4. The van der Waals surface area contributed by atoms with Crippen LogP contribution in [-0.4, -0.2) is 29.3 Å². The van der Waals surface area contributed by atoms with Crippen molar-refractivity contribution in [1.29, 1.82) is 0 Å². The van der Waals surface area contributed by atoms with Gasteiger partial charge in [0, 0.05) is 24.6 Å². The fourth-order valence-corrected chi connectivity index (χ4v) is 3.35. The van der Waals surface area contributed by atoms with Gasteiger partial charge in [0.15, 0.2) is 0 Å². The lowest BCUT2D eigenvalue weighted by Gasteiger charge is -2.23. The fraction of sp³-hybridized carbons (Fsp3) is 0.474. The molecule has 1 unspecified atom stereocenters. The summed E-state index contributed by atoms with van der Waals surface area (Å²) in [5.41, 5.74) is 1.08. The summed E-state index contributed by atoms with van der Waals surface area (Å²) < 4.78 is 18.7. The molecule has 0 aliphatic carbocycles. The van der Waals surface area contributed by atoms with Gasteiger partial charge in [-0.25, -0.2) is 9.97 Å².